The first-order valence-electron chi connectivity index (χ1n) is 8.26. The summed E-state index contributed by atoms with van der Waals surface area (Å²) in [5.74, 6) is 0.547. The van der Waals surface area contributed by atoms with Gasteiger partial charge in [-0.25, -0.2) is 0 Å². The molecule has 2 aromatic carbocycles. The first kappa shape index (κ1) is 19.5. The van der Waals surface area contributed by atoms with E-state index < -0.39 is 0 Å². The van der Waals surface area contributed by atoms with Crippen molar-refractivity contribution in [2.45, 2.75) is 13.5 Å². The third-order valence-electron chi connectivity index (χ3n) is 3.74. The number of amides is 1. The Hall–Kier alpha value is -2.27. The van der Waals surface area contributed by atoms with Crippen molar-refractivity contribution in [1.82, 2.24) is 0 Å². The van der Waals surface area contributed by atoms with E-state index in [1.165, 1.54) is 11.3 Å². The molecule has 3 aromatic rings. The highest BCUT2D eigenvalue weighted by Gasteiger charge is 2.14. The van der Waals surface area contributed by atoms with Gasteiger partial charge in [-0.3, -0.25) is 4.79 Å². The van der Waals surface area contributed by atoms with Gasteiger partial charge in [-0.2, -0.15) is 0 Å². The van der Waals surface area contributed by atoms with Crippen LogP contribution in [0.15, 0.2) is 60.0 Å². The smallest absolute Gasteiger partial charge is 0.265 e. The van der Waals surface area contributed by atoms with E-state index in [0.717, 1.165) is 16.9 Å². The zero-order valence-corrected chi connectivity index (χ0v) is 16.9. The largest absolute Gasteiger partial charge is 0.488 e. The van der Waals surface area contributed by atoms with E-state index in [4.69, 9.17) is 27.9 Å². The second-order valence-corrected chi connectivity index (χ2v) is 7.42. The molecule has 3 rings (SSSR count). The van der Waals surface area contributed by atoms with Gasteiger partial charge < -0.3 is 10.1 Å². The van der Waals surface area contributed by atoms with Crippen LogP contribution in [0.2, 0.25) is 10.0 Å². The average molecular weight is 418 g/mol. The number of rotatable bonds is 6. The number of thiophene rings is 1. The van der Waals surface area contributed by atoms with Crippen molar-refractivity contribution in [3.63, 3.8) is 0 Å². The molecule has 27 heavy (non-hydrogen) atoms. The topological polar surface area (TPSA) is 38.3 Å². The number of halogens is 2. The number of hydrogen-bond acceptors (Lipinski definition) is 3. The summed E-state index contributed by atoms with van der Waals surface area (Å²) in [6.07, 6.45) is 3.96. The minimum absolute atomic E-state index is 0.254. The lowest BCUT2D eigenvalue weighted by Gasteiger charge is -2.08. The summed E-state index contributed by atoms with van der Waals surface area (Å²) in [5.41, 5.74) is 2.35. The van der Waals surface area contributed by atoms with Gasteiger partial charge in [0.05, 0.1) is 20.6 Å². The number of para-hydroxylation sites is 2. The van der Waals surface area contributed by atoms with Crippen LogP contribution in [0.3, 0.4) is 0 Å². The van der Waals surface area contributed by atoms with Gasteiger partial charge in [-0.05, 0) is 36.6 Å². The fourth-order valence-corrected chi connectivity index (χ4v) is 3.74. The van der Waals surface area contributed by atoms with E-state index >= 15 is 0 Å². The Balaban J connectivity index is 1.67. The third-order valence-corrected chi connectivity index (χ3v) is 5.35. The molecule has 0 saturated heterocycles. The maximum absolute atomic E-state index is 12.5. The van der Waals surface area contributed by atoms with Gasteiger partial charge in [0.2, 0.25) is 0 Å². The van der Waals surface area contributed by atoms with Crippen LogP contribution in [0.1, 0.15) is 27.7 Å². The molecular weight excluding hydrogens is 401 g/mol. The van der Waals surface area contributed by atoms with Gasteiger partial charge >= 0.3 is 0 Å². The predicted octanol–water partition coefficient (Wildman–Crippen LogP) is 6.92. The molecule has 0 aliphatic carbocycles. The summed E-state index contributed by atoms with van der Waals surface area (Å²) < 4.78 is 5.91. The summed E-state index contributed by atoms with van der Waals surface area (Å²) in [6, 6.07) is 14.7. The van der Waals surface area contributed by atoms with Crippen LogP contribution >= 0.6 is 34.5 Å². The molecule has 6 heteroatoms. The van der Waals surface area contributed by atoms with Crippen LogP contribution in [-0.4, -0.2) is 5.91 Å². The molecule has 0 saturated carbocycles. The molecule has 0 spiro atoms. The number of ether oxygens (including phenoxy) is 1. The number of carbonyl (C=O) groups excluding carboxylic acids is 1. The third kappa shape index (κ3) is 4.92. The first-order chi connectivity index (χ1) is 13.1. The second kappa shape index (κ2) is 9.09. The number of allylic oxidation sites excluding steroid dienone is 1. The van der Waals surface area contributed by atoms with Crippen molar-refractivity contribution in [2.24, 2.45) is 0 Å². The van der Waals surface area contributed by atoms with Crippen LogP contribution in [0.4, 0.5) is 5.69 Å². The molecule has 1 heterocycles. The fraction of sp³-hybridized carbons (Fsp3) is 0.0952. The van der Waals surface area contributed by atoms with Crippen LogP contribution in [0.25, 0.3) is 6.08 Å². The number of benzene rings is 2. The summed E-state index contributed by atoms with van der Waals surface area (Å²) in [6.45, 7) is 2.34. The van der Waals surface area contributed by atoms with Crippen molar-refractivity contribution in [1.29, 1.82) is 0 Å². The molecule has 0 fully saturated rings. The molecule has 1 aromatic heterocycles. The van der Waals surface area contributed by atoms with E-state index in [1.807, 2.05) is 54.8 Å². The molecule has 0 unspecified atom stereocenters. The molecule has 138 valence electrons. The zero-order chi connectivity index (χ0) is 19.2. The molecule has 0 atom stereocenters. The lowest BCUT2D eigenvalue weighted by Crippen LogP contribution is -2.11. The highest BCUT2D eigenvalue weighted by molar-refractivity contribution is 7.12. The van der Waals surface area contributed by atoms with Gasteiger partial charge in [0.15, 0.2) is 0 Å². The maximum Gasteiger partial charge on any atom is 0.265 e. The number of nitrogens with one attached hydrogen (secondary N) is 1. The summed E-state index contributed by atoms with van der Waals surface area (Å²) in [5, 5.41) is 5.47. The molecular formula is C21H17Cl2NO2S. The Bertz CT molecular complexity index is 962. The van der Waals surface area contributed by atoms with Gasteiger partial charge in [0.1, 0.15) is 12.4 Å². The molecule has 1 N–H and O–H groups in total. The molecule has 0 radical (unpaired) electrons. The van der Waals surface area contributed by atoms with Gasteiger partial charge in [0, 0.05) is 11.1 Å². The van der Waals surface area contributed by atoms with Gasteiger partial charge in [-0.1, -0.05) is 59.6 Å². The Kier molecular flexibility index (Phi) is 6.56. The monoisotopic (exact) mass is 417 g/mol. The van der Waals surface area contributed by atoms with Crippen LogP contribution in [0.5, 0.6) is 5.75 Å². The van der Waals surface area contributed by atoms with Crippen LogP contribution < -0.4 is 10.1 Å². The van der Waals surface area contributed by atoms with Gasteiger partial charge in [-0.15, -0.1) is 11.3 Å². The van der Waals surface area contributed by atoms with Crippen LogP contribution in [0, 0.1) is 0 Å². The Labute approximate surface area is 172 Å². The van der Waals surface area contributed by atoms with Crippen molar-refractivity contribution in [3.05, 3.63) is 86.0 Å². The van der Waals surface area contributed by atoms with Crippen molar-refractivity contribution in [3.8, 4) is 5.75 Å². The molecule has 0 aliphatic heterocycles. The Morgan fingerprint density at radius 3 is 2.63 bits per heavy atom. The van der Waals surface area contributed by atoms with Crippen molar-refractivity contribution >= 4 is 52.2 Å². The highest BCUT2D eigenvalue weighted by Crippen LogP contribution is 2.31. The Morgan fingerprint density at radius 2 is 1.89 bits per heavy atom. The molecule has 0 bridgehead atoms. The maximum atomic E-state index is 12.5. The fourth-order valence-electron chi connectivity index (χ4n) is 2.45. The average Bonchev–Trinajstić information content (AvgIpc) is 3.13. The second-order valence-electron chi connectivity index (χ2n) is 5.70. The normalized spacial score (nSPS) is 10.9. The number of hydrogen-bond donors (Lipinski definition) is 1. The van der Waals surface area contributed by atoms with E-state index in [0.29, 0.717) is 27.2 Å². The first-order valence-corrected chi connectivity index (χ1v) is 9.89. The number of carbonyl (C=O) groups is 1. The SMILES string of the molecule is C/C=C/c1ccccc1OCc1csc(C(=O)Nc2c(Cl)cccc2Cl)c1. The lowest BCUT2D eigenvalue weighted by molar-refractivity contribution is 0.103. The molecule has 0 aliphatic rings. The van der Waals surface area contributed by atoms with E-state index in [2.05, 4.69) is 5.32 Å². The Morgan fingerprint density at radius 1 is 1.15 bits per heavy atom. The minimum Gasteiger partial charge on any atom is -0.488 e. The quantitative estimate of drug-likeness (QED) is 0.472. The molecule has 1 amide bonds. The standard InChI is InChI=1S/C21H17Cl2NO2S/c1-2-6-15-7-3-4-10-18(15)26-12-14-11-19(27-13-14)21(25)24-20-16(22)8-5-9-17(20)23/h2-11,13H,12H2,1H3,(H,24,25)/b6-2+. The zero-order valence-electron chi connectivity index (χ0n) is 14.5. The number of anilines is 1. The summed E-state index contributed by atoms with van der Waals surface area (Å²) in [4.78, 5) is 13.0. The summed E-state index contributed by atoms with van der Waals surface area (Å²) in [7, 11) is 0. The summed E-state index contributed by atoms with van der Waals surface area (Å²) >= 11 is 13.6. The molecule has 3 nitrogen and oxygen atoms in total. The van der Waals surface area contributed by atoms with Crippen LogP contribution in [-0.2, 0) is 6.61 Å². The van der Waals surface area contributed by atoms with E-state index in [1.54, 1.807) is 18.2 Å². The highest BCUT2D eigenvalue weighted by atomic mass is 35.5. The van der Waals surface area contributed by atoms with Crippen molar-refractivity contribution < 1.29 is 9.53 Å². The minimum atomic E-state index is -0.254. The predicted molar refractivity (Wildman–Crippen MR) is 114 cm³/mol. The van der Waals surface area contributed by atoms with Gasteiger partial charge in [0.25, 0.3) is 5.91 Å². The van der Waals surface area contributed by atoms with Crippen molar-refractivity contribution in [2.75, 3.05) is 5.32 Å². The lowest BCUT2D eigenvalue weighted by atomic mass is 10.2. The van der Waals surface area contributed by atoms with E-state index in [9.17, 15) is 4.79 Å². The van der Waals surface area contributed by atoms with E-state index in [-0.39, 0.29) is 5.91 Å².